The van der Waals surface area contributed by atoms with E-state index in [2.05, 4.69) is 20.9 Å². The zero-order chi connectivity index (χ0) is 15.9. The summed E-state index contributed by atoms with van der Waals surface area (Å²) in [6.45, 7) is 3.10. The average Bonchev–Trinajstić information content (AvgIpc) is 3.03. The Hall–Kier alpha value is -1.68. The second-order valence-corrected chi connectivity index (χ2v) is 7.34. The molecule has 4 nitrogen and oxygen atoms in total. The molecule has 1 aliphatic heterocycles. The van der Waals surface area contributed by atoms with E-state index >= 15 is 0 Å². The van der Waals surface area contributed by atoms with Crippen molar-refractivity contribution in [1.82, 2.24) is 9.97 Å². The Balaban J connectivity index is 1.72. The fourth-order valence-corrected chi connectivity index (χ4v) is 4.69. The largest absolute Gasteiger partial charge is 0.390 e. The number of hydrogen-bond acceptors (Lipinski definition) is 4. The maximum atomic E-state index is 10.9. The summed E-state index contributed by atoms with van der Waals surface area (Å²) in [5.74, 6) is 0.360. The molecule has 4 heteroatoms. The molecule has 0 bridgehead atoms. The number of pyridine rings is 2. The highest BCUT2D eigenvalue weighted by atomic mass is 16.3. The molecule has 23 heavy (non-hydrogen) atoms. The van der Waals surface area contributed by atoms with E-state index in [9.17, 15) is 5.11 Å². The number of aliphatic hydroxyl groups is 1. The predicted octanol–water partition coefficient (Wildman–Crippen LogP) is 3.54. The van der Waals surface area contributed by atoms with Crippen molar-refractivity contribution in [3.05, 3.63) is 30.7 Å². The number of anilines is 1. The van der Waals surface area contributed by atoms with Crippen molar-refractivity contribution in [1.29, 1.82) is 0 Å². The Morgan fingerprint density at radius 3 is 2.96 bits per heavy atom. The summed E-state index contributed by atoms with van der Waals surface area (Å²) in [5, 5.41) is 12.0. The van der Waals surface area contributed by atoms with E-state index in [1.54, 1.807) is 6.20 Å². The summed E-state index contributed by atoms with van der Waals surface area (Å²) in [6, 6.07) is 4.51. The minimum atomic E-state index is -0.535. The molecule has 0 spiro atoms. The third kappa shape index (κ3) is 2.59. The van der Waals surface area contributed by atoms with Crippen molar-refractivity contribution in [3.8, 4) is 0 Å². The Bertz CT molecular complexity index is 695. The number of rotatable bonds is 2. The van der Waals surface area contributed by atoms with Gasteiger partial charge in [0.05, 0.1) is 11.1 Å². The number of aromatic nitrogens is 2. The van der Waals surface area contributed by atoms with E-state index in [0.717, 1.165) is 36.7 Å². The topological polar surface area (TPSA) is 49.2 Å². The van der Waals surface area contributed by atoms with E-state index in [-0.39, 0.29) is 0 Å². The lowest BCUT2D eigenvalue weighted by molar-refractivity contribution is -0.0410. The van der Waals surface area contributed by atoms with E-state index < -0.39 is 5.60 Å². The van der Waals surface area contributed by atoms with E-state index in [0.29, 0.717) is 12.0 Å². The van der Waals surface area contributed by atoms with Crippen molar-refractivity contribution in [2.24, 2.45) is 5.92 Å². The van der Waals surface area contributed by atoms with Crippen LogP contribution in [0.2, 0.25) is 0 Å². The zero-order valence-corrected chi connectivity index (χ0v) is 13.8. The van der Waals surface area contributed by atoms with Gasteiger partial charge in [0.15, 0.2) is 0 Å². The zero-order valence-electron chi connectivity index (χ0n) is 13.8. The van der Waals surface area contributed by atoms with Crippen LogP contribution in [0.5, 0.6) is 0 Å². The molecule has 0 radical (unpaired) electrons. The lowest BCUT2D eigenvalue weighted by atomic mass is 9.72. The molecule has 2 aromatic rings. The molecule has 3 atom stereocenters. The van der Waals surface area contributed by atoms with Gasteiger partial charge >= 0.3 is 0 Å². The minimum Gasteiger partial charge on any atom is -0.390 e. The van der Waals surface area contributed by atoms with Crippen molar-refractivity contribution in [2.75, 3.05) is 11.4 Å². The number of hydrogen-bond donors (Lipinski definition) is 1. The average molecular weight is 311 g/mol. The van der Waals surface area contributed by atoms with Crippen LogP contribution in [0.4, 0.5) is 5.69 Å². The quantitative estimate of drug-likeness (QED) is 0.921. The minimum absolute atomic E-state index is 0.360. The fourth-order valence-electron chi connectivity index (χ4n) is 4.69. The molecule has 1 N–H and O–H groups in total. The molecule has 122 valence electrons. The Morgan fingerprint density at radius 2 is 2.09 bits per heavy atom. The maximum Gasteiger partial charge on any atom is 0.0753 e. The van der Waals surface area contributed by atoms with Crippen LogP contribution in [0.25, 0.3) is 10.9 Å². The van der Waals surface area contributed by atoms with Gasteiger partial charge in [-0.2, -0.15) is 0 Å². The number of fused-ring (bicyclic) bond motifs is 1. The monoisotopic (exact) mass is 311 g/mol. The standard InChI is InChI=1S/C19H25N3O/c1-19(23)9-3-2-5-15(19)18-6-4-12-22(18)17-8-11-21-16-7-10-20-13-14(16)17/h7-8,10-11,13,15,18,23H,2-6,9,12H2,1H3. The molecule has 1 saturated carbocycles. The van der Waals surface area contributed by atoms with Crippen molar-refractivity contribution in [2.45, 2.75) is 57.1 Å². The van der Waals surface area contributed by atoms with Crippen LogP contribution in [0, 0.1) is 5.92 Å². The molecule has 2 aliphatic rings. The van der Waals surface area contributed by atoms with Gasteiger partial charge in [-0.1, -0.05) is 12.8 Å². The van der Waals surface area contributed by atoms with E-state index in [1.807, 2.05) is 25.4 Å². The first-order valence-corrected chi connectivity index (χ1v) is 8.84. The third-order valence-electron chi connectivity index (χ3n) is 5.84. The van der Waals surface area contributed by atoms with Crippen LogP contribution >= 0.6 is 0 Å². The molecule has 1 aliphatic carbocycles. The summed E-state index contributed by atoms with van der Waals surface area (Å²) in [6.07, 6.45) is 12.4. The predicted molar refractivity (Wildman–Crippen MR) is 92.5 cm³/mol. The highest BCUT2D eigenvalue weighted by Gasteiger charge is 2.43. The lowest BCUT2D eigenvalue weighted by Gasteiger charge is -2.44. The van der Waals surface area contributed by atoms with Gasteiger partial charge in [0, 0.05) is 48.2 Å². The fraction of sp³-hybridized carbons (Fsp3) is 0.579. The normalized spacial score (nSPS) is 31.7. The Kier molecular flexibility index (Phi) is 3.72. The molecular weight excluding hydrogens is 286 g/mol. The second kappa shape index (κ2) is 5.75. The summed E-state index contributed by atoms with van der Waals surface area (Å²) >= 11 is 0. The van der Waals surface area contributed by atoms with Crippen molar-refractivity contribution >= 4 is 16.6 Å². The van der Waals surface area contributed by atoms with Gasteiger partial charge in [-0.3, -0.25) is 9.97 Å². The first-order chi connectivity index (χ1) is 11.2. The van der Waals surface area contributed by atoms with Gasteiger partial charge in [0.25, 0.3) is 0 Å². The van der Waals surface area contributed by atoms with Gasteiger partial charge < -0.3 is 10.0 Å². The molecule has 2 aromatic heterocycles. The summed E-state index contributed by atoms with van der Waals surface area (Å²) in [4.78, 5) is 11.3. The highest BCUT2D eigenvalue weighted by molar-refractivity contribution is 5.90. The summed E-state index contributed by atoms with van der Waals surface area (Å²) in [5.41, 5.74) is 1.69. The number of nitrogens with zero attached hydrogens (tertiary/aromatic N) is 3. The highest BCUT2D eigenvalue weighted by Crippen LogP contribution is 2.43. The van der Waals surface area contributed by atoms with Crippen LogP contribution in [0.3, 0.4) is 0 Å². The first-order valence-electron chi connectivity index (χ1n) is 8.84. The smallest absolute Gasteiger partial charge is 0.0753 e. The molecule has 3 heterocycles. The van der Waals surface area contributed by atoms with Crippen LogP contribution < -0.4 is 4.90 Å². The van der Waals surface area contributed by atoms with Crippen molar-refractivity contribution < 1.29 is 5.11 Å². The van der Waals surface area contributed by atoms with Crippen LogP contribution in [-0.2, 0) is 0 Å². The lowest BCUT2D eigenvalue weighted by Crippen LogP contribution is -2.49. The molecule has 4 rings (SSSR count). The van der Waals surface area contributed by atoms with Gasteiger partial charge in [-0.05, 0) is 44.7 Å². The summed E-state index contributed by atoms with van der Waals surface area (Å²) in [7, 11) is 0. The van der Waals surface area contributed by atoms with Gasteiger partial charge in [-0.25, -0.2) is 0 Å². The first kappa shape index (κ1) is 14.9. The van der Waals surface area contributed by atoms with Gasteiger partial charge in [-0.15, -0.1) is 0 Å². The van der Waals surface area contributed by atoms with Crippen LogP contribution in [-0.4, -0.2) is 33.3 Å². The van der Waals surface area contributed by atoms with Gasteiger partial charge in [0.2, 0.25) is 0 Å². The molecule has 0 amide bonds. The molecular formula is C19H25N3O. The van der Waals surface area contributed by atoms with Crippen LogP contribution in [0.1, 0.15) is 45.4 Å². The Morgan fingerprint density at radius 1 is 1.17 bits per heavy atom. The van der Waals surface area contributed by atoms with Crippen molar-refractivity contribution in [3.63, 3.8) is 0 Å². The molecule has 1 saturated heterocycles. The SMILES string of the molecule is CC1(O)CCCCC1C1CCCN1c1ccnc2ccncc12. The maximum absolute atomic E-state index is 10.9. The van der Waals surface area contributed by atoms with E-state index in [4.69, 9.17) is 0 Å². The second-order valence-electron chi connectivity index (χ2n) is 7.34. The summed E-state index contributed by atoms with van der Waals surface area (Å²) < 4.78 is 0. The Labute approximate surface area is 137 Å². The van der Waals surface area contributed by atoms with Crippen LogP contribution in [0.15, 0.2) is 30.7 Å². The molecule has 3 unspecified atom stereocenters. The third-order valence-corrected chi connectivity index (χ3v) is 5.84. The van der Waals surface area contributed by atoms with Gasteiger partial charge in [0.1, 0.15) is 0 Å². The molecule has 0 aromatic carbocycles. The molecule has 2 fully saturated rings. The van der Waals surface area contributed by atoms with E-state index in [1.165, 1.54) is 24.9 Å².